The smallest absolute Gasteiger partial charge is 0.326 e. The second-order valence-electron chi connectivity index (χ2n) is 5.18. The lowest BCUT2D eigenvalue weighted by atomic mass is 10.1. The number of para-hydroxylation sites is 3. The van der Waals surface area contributed by atoms with Crippen molar-refractivity contribution in [3.8, 4) is 5.75 Å². The van der Waals surface area contributed by atoms with E-state index in [9.17, 15) is 4.79 Å². The van der Waals surface area contributed by atoms with Crippen molar-refractivity contribution in [3.63, 3.8) is 0 Å². The van der Waals surface area contributed by atoms with Crippen LogP contribution in [-0.4, -0.2) is 19.2 Å². The normalized spacial score (nSPS) is 16.5. The Balaban J connectivity index is 1.86. The second kappa shape index (κ2) is 5.48. The molecule has 0 fully saturated rings. The molecular weight excluding hydrogens is 264 g/mol. The molecule has 0 aliphatic carbocycles. The number of nitrogens with zero attached hydrogens (tertiary/aromatic N) is 1. The lowest BCUT2D eigenvalue weighted by Gasteiger charge is -2.23. The van der Waals surface area contributed by atoms with Gasteiger partial charge in [-0.15, -0.1) is 0 Å². The van der Waals surface area contributed by atoms with Gasteiger partial charge < -0.3 is 10.1 Å². The summed E-state index contributed by atoms with van der Waals surface area (Å²) in [5.41, 5.74) is 2.87. The average Bonchev–Trinajstić information content (AvgIpc) is 2.83. The van der Waals surface area contributed by atoms with Crippen LogP contribution in [-0.2, 0) is 6.42 Å². The summed E-state index contributed by atoms with van der Waals surface area (Å²) in [4.78, 5) is 14.4. The fourth-order valence-electron chi connectivity index (χ4n) is 2.80. The van der Waals surface area contributed by atoms with Gasteiger partial charge in [-0.1, -0.05) is 30.3 Å². The number of fused-ring (bicyclic) bond motifs is 1. The van der Waals surface area contributed by atoms with Crippen LogP contribution in [0.1, 0.15) is 12.5 Å². The largest absolute Gasteiger partial charge is 0.495 e. The van der Waals surface area contributed by atoms with Crippen LogP contribution in [0.4, 0.5) is 16.2 Å². The molecule has 3 rings (SSSR count). The summed E-state index contributed by atoms with van der Waals surface area (Å²) >= 11 is 0. The van der Waals surface area contributed by atoms with E-state index in [-0.39, 0.29) is 12.1 Å². The highest BCUT2D eigenvalue weighted by Gasteiger charge is 2.30. The van der Waals surface area contributed by atoms with Crippen molar-refractivity contribution < 1.29 is 9.53 Å². The molecule has 1 heterocycles. The summed E-state index contributed by atoms with van der Waals surface area (Å²) in [5.74, 6) is 0.658. The molecule has 0 bridgehead atoms. The Morgan fingerprint density at radius 2 is 1.90 bits per heavy atom. The van der Waals surface area contributed by atoms with E-state index in [0.717, 1.165) is 12.1 Å². The number of amides is 2. The zero-order valence-corrected chi connectivity index (χ0v) is 12.2. The molecule has 0 radical (unpaired) electrons. The number of carbonyl (C=O) groups excluding carboxylic acids is 1. The summed E-state index contributed by atoms with van der Waals surface area (Å²) in [7, 11) is 1.60. The molecule has 2 amide bonds. The predicted octanol–water partition coefficient (Wildman–Crippen LogP) is 3.68. The Labute approximate surface area is 124 Å². The molecule has 4 heteroatoms. The van der Waals surface area contributed by atoms with Gasteiger partial charge in [0.1, 0.15) is 5.75 Å². The zero-order chi connectivity index (χ0) is 14.8. The van der Waals surface area contributed by atoms with Gasteiger partial charge in [0, 0.05) is 11.7 Å². The highest BCUT2D eigenvalue weighted by Crippen LogP contribution is 2.33. The Morgan fingerprint density at radius 3 is 2.71 bits per heavy atom. The van der Waals surface area contributed by atoms with Gasteiger partial charge in [-0.3, -0.25) is 4.90 Å². The van der Waals surface area contributed by atoms with Gasteiger partial charge in [0.25, 0.3) is 0 Å². The number of hydrogen-bond acceptors (Lipinski definition) is 2. The van der Waals surface area contributed by atoms with E-state index in [1.54, 1.807) is 7.11 Å². The van der Waals surface area contributed by atoms with Crippen molar-refractivity contribution in [2.75, 3.05) is 17.3 Å². The molecular formula is C17H18N2O2. The predicted molar refractivity (Wildman–Crippen MR) is 84.1 cm³/mol. The molecule has 0 saturated heterocycles. The summed E-state index contributed by atoms with van der Waals surface area (Å²) in [6.45, 7) is 2.06. The Morgan fingerprint density at radius 1 is 1.19 bits per heavy atom. The number of benzene rings is 2. The monoisotopic (exact) mass is 282 g/mol. The van der Waals surface area contributed by atoms with E-state index < -0.39 is 0 Å². The van der Waals surface area contributed by atoms with Crippen LogP contribution in [0.15, 0.2) is 48.5 Å². The first-order valence-corrected chi connectivity index (χ1v) is 7.02. The average molecular weight is 282 g/mol. The highest BCUT2D eigenvalue weighted by atomic mass is 16.5. The Bertz CT molecular complexity index is 669. The summed E-state index contributed by atoms with van der Waals surface area (Å²) in [6.07, 6.45) is 0.884. The van der Waals surface area contributed by atoms with Crippen LogP contribution < -0.4 is 15.0 Å². The van der Waals surface area contributed by atoms with E-state index in [2.05, 4.69) is 18.3 Å². The second-order valence-corrected chi connectivity index (χ2v) is 5.18. The Hall–Kier alpha value is -2.49. The fourth-order valence-corrected chi connectivity index (χ4v) is 2.80. The minimum atomic E-state index is -0.128. The summed E-state index contributed by atoms with van der Waals surface area (Å²) in [6, 6.07) is 15.5. The molecule has 108 valence electrons. The molecule has 0 aromatic heterocycles. The lowest BCUT2D eigenvalue weighted by Crippen LogP contribution is -2.39. The highest BCUT2D eigenvalue weighted by molar-refractivity contribution is 6.04. The number of methoxy groups -OCH3 is 1. The number of urea groups is 1. The quantitative estimate of drug-likeness (QED) is 0.913. The molecule has 4 nitrogen and oxygen atoms in total. The standard InChI is InChI=1S/C17H18N2O2/c1-12-11-13-7-3-5-9-15(13)19(12)17(20)18-14-8-4-6-10-16(14)21-2/h3-10,12H,11H2,1-2H3,(H,18,20)/t12-/m1/s1. The third-order valence-electron chi connectivity index (χ3n) is 3.77. The fraction of sp³-hybridized carbons (Fsp3) is 0.235. The van der Waals surface area contributed by atoms with Crippen LogP contribution >= 0.6 is 0 Å². The van der Waals surface area contributed by atoms with Crippen molar-refractivity contribution in [1.29, 1.82) is 0 Å². The zero-order valence-electron chi connectivity index (χ0n) is 12.2. The van der Waals surface area contributed by atoms with Crippen LogP contribution in [0.2, 0.25) is 0 Å². The maximum absolute atomic E-state index is 12.6. The van der Waals surface area contributed by atoms with Crippen molar-refractivity contribution in [3.05, 3.63) is 54.1 Å². The molecule has 1 atom stereocenters. The van der Waals surface area contributed by atoms with Gasteiger partial charge >= 0.3 is 6.03 Å². The molecule has 1 aliphatic rings. The van der Waals surface area contributed by atoms with E-state index in [0.29, 0.717) is 11.4 Å². The first-order valence-electron chi connectivity index (χ1n) is 7.02. The van der Waals surface area contributed by atoms with Crippen LogP contribution in [0.25, 0.3) is 0 Å². The number of carbonyl (C=O) groups is 1. The van der Waals surface area contributed by atoms with E-state index in [1.165, 1.54) is 5.56 Å². The van der Waals surface area contributed by atoms with E-state index in [1.807, 2.05) is 47.4 Å². The number of anilines is 2. The molecule has 1 N–H and O–H groups in total. The topological polar surface area (TPSA) is 41.6 Å². The van der Waals surface area contributed by atoms with Gasteiger partial charge in [0.15, 0.2) is 0 Å². The third-order valence-corrected chi connectivity index (χ3v) is 3.77. The van der Waals surface area contributed by atoms with Crippen molar-refractivity contribution in [2.45, 2.75) is 19.4 Å². The number of rotatable bonds is 2. The summed E-state index contributed by atoms with van der Waals surface area (Å²) < 4.78 is 5.27. The van der Waals surface area contributed by atoms with Gasteiger partial charge in [0.2, 0.25) is 0 Å². The minimum absolute atomic E-state index is 0.128. The number of nitrogens with one attached hydrogen (secondary N) is 1. The van der Waals surface area contributed by atoms with E-state index in [4.69, 9.17) is 4.74 Å². The van der Waals surface area contributed by atoms with Crippen molar-refractivity contribution >= 4 is 17.4 Å². The molecule has 0 spiro atoms. The van der Waals surface area contributed by atoms with Gasteiger partial charge in [-0.05, 0) is 37.1 Å². The Kier molecular flexibility index (Phi) is 3.52. The number of hydrogen-bond donors (Lipinski definition) is 1. The molecule has 21 heavy (non-hydrogen) atoms. The van der Waals surface area contributed by atoms with Gasteiger partial charge in [-0.25, -0.2) is 4.79 Å². The molecule has 2 aromatic rings. The molecule has 0 saturated carbocycles. The number of ether oxygens (including phenoxy) is 1. The minimum Gasteiger partial charge on any atom is -0.495 e. The van der Waals surface area contributed by atoms with E-state index >= 15 is 0 Å². The maximum atomic E-state index is 12.6. The van der Waals surface area contributed by atoms with Gasteiger partial charge in [0.05, 0.1) is 12.8 Å². The molecule has 2 aromatic carbocycles. The van der Waals surface area contributed by atoms with Crippen LogP contribution in [0.5, 0.6) is 5.75 Å². The van der Waals surface area contributed by atoms with Crippen LogP contribution in [0, 0.1) is 0 Å². The molecule has 0 unspecified atom stereocenters. The van der Waals surface area contributed by atoms with Crippen LogP contribution in [0.3, 0.4) is 0 Å². The third kappa shape index (κ3) is 2.44. The SMILES string of the molecule is COc1ccccc1NC(=O)N1c2ccccc2C[C@H]1C. The van der Waals surface area contributed by atoms with Gasteiger partial charge in [-0.2, -0.15) is 0 Å². The molecule has 1 aliphatic heterocycles. The first-order chi connectivity index (χ1) is 10.2. The first kappa shape index (κ1) is 13.5. The van der Waals surface area contributed by atoms with Crippen molar-refractivity contribution in [2.24, 2.45) is 0 Å². The maximum Gasteiger partial charge on any atom is 0.326 e. The van der Waals surface area contributed by atoms with Crippen molar-refractivity contribution in [1.82, 2.24) is 0 Å². The lowest BCUT2D eigenvalue weighted by molar-refractivity contribution is 0.255. The summed E-state index contributed by atoms with van der Waals surface area (Å²) in [5, 5.41) is 2.94.